The third-order valence-electron chi connectivity index (χ3n) is 5.30. The van der Waals surface area contributed by atoms with Gasteiger partial charge in [0, 0.05) is 35.8 Å². The Morgan fingerprint density at radius 2 is 2.06 bits per heavy atom. The van der Waals surface area contributed by atoms with E-state index < -0.39 is 4.92 Å². The van der Waals surface area contributed by atoms with E-state index in [2.05, 4.69) is 9.97 Å². The predicted octanol–water partition coefficient (Wildman–Crippen LogP) is 2.57. The molecule has 0 spiro atoms. The molecular formula is C21H19N5O5. The first kappa shape index (κ1) is 19.1. The van der Waals surface area contributed by atoms with Gasteiger partial charge in [-0.05, 0) is 31.2 Å². The Hall–Kier alpha value is -3.92. The molecular weight excluding hydrogens is 402 g/mol. The minimum absolute atomic E-state index is 0.0221. The highest BCUT2D eigenvalue weighted by atomic mass is 16.6. The maximum atomic E-state index is 12.9. The quantitative estimate of drug-likeness (QED) is 0.373. The molecule has 0 atom stereocenters. The fourth-order valence-corrected chi connectivity index (χ4v) is 3.87. The standard InChI is InChI=1S/C21H19N5O5/c22-6-1-7-25-11-14(13-3-2-12(26(28)29)10-16(13)25)18-21(27)23-15-4-5-17-20(19(15)24-18)31-9-8-30-17/h2-5,10-11H,1,6-9,22H2,(H,23,27). The summed E-state index contributed by atoms with van der Waals surface area (Å²) in [4.78, 5) is 31.2. The molecule has 4 aromatic rings. The number of nitrogens with one attached hydrogen (secondary N) is 1. The molecule has 0 bridgehead atoms. The number of nitro groups is 1. The summed E-state index contributed by atoms with van der Waals surface area (Å²) in [5, 5.41) is 12.0. The zero-order chi connectivity index (χ0) is 21.5. The SMILES string of the molecule is NCCCn1cc(-c2nc3c4c(ccc3[nH]c2=O)OCCO4)c2ccc([N+](=O)[O-])cc21. The molecule has 0 aliphatic carbocycles. The van der Waals surface area contributed by atoms with Crippen molar-refractivity contribution < 1.29 is 14.4 Å². The Morgan fingerprint density at radius 3 is 2.87 bits per heavy atom. The molecule has 2 aromatic carbocycles. The maximum Gasteiger partial charge on any atom is 0.275 e. The van der Waals surface area contributed by atoms with Crippen molar-refractivity contribution in [3.63, 3.8) is 0 Å². The number of benzene rings is 2. The van der Waals surface area contributed by atoms with Gasteiger partial charge in [0.25, 0.3) is 11.2 Å². The smallest absolute Gasteiger partial charge is 0.275 e. The largest absolute Gasteiger partial charge is 0.486 e. The van der Waals surface area contributed by atoms with Gasteiger partial charge in [-0.15, -0.1) is 0 Å². The van der Waals surface area contributed by atoms with Gasteiger partial charge in [-0.1, -0.05) is 0 Å². The van der Waals surface area contributed by atoms with E-state index in [1.165, 1.54) is 12.1 Å². The maximum absolute atomic E-state index is 12.9. The van der Waals surface area contributed by atoms with Crippen molar-refractivity contribution in [1.82, 2.24) is 14.5 Å². The summed E-state index contributed by atoms with van der Waals surface area (Å²) in [6.45, 7) is 1.88. The summed E-state index contributed by atoms with van der Waals surface area (Å²) in [6.07, 6.45) is 2.48. The number of nitrogens with two attached hydrogens (primary N) is 1. The first-order valence-electron chi connectivity index (χ1n) is 9.87. The lowest BCUT2D eigenvalue weighted by Gasteiger charge is -2.19. The van der Waals surface area contributed by atoms with E-state index in [0.717, 1.165) is 0 Å². The second kappa shape index (κ2) is 7.40. The van der Waals surface area contributed by atoms with Crippen LogP contribution in [0.15, 0.2) is 41.3 Å². The van der Waals surface area contributed by atoms with Crippen LogP contribution in [0.4, 0.5) is 5.69 Å². The van der Waals surface area contributed by atoms with Crippen LogP contribution in [0.5, 0.6) is 11.5 Å². The molecule has 3 N–H and O–H groups in total. The van der Waals surface area contributed by atoms with E-state index in [1.807, 2.05) is 4.57 Å². The molecule has 2 aromatic heterocycles. The molecule has 1 aliphatic rings. The van der Waals surface area contributed by atoms with Gasteiger partial charge >= 0.3 is 0 Å². The van der Waals surface area contributed by atoms with E-state index in [4.69, 9.17) is 15.2 Å². The predicted molar refractivity (Wildman–Crippen MR) is 115 cm³/mol. The van der Waals surface area contributed by atoms with Gasteiger partial charge in [0.05, 0.1) is 16.0 Å². The number of aromatic nitrogens is 3. The molecule has 5 rings (SSSR count). The number of ether oxygens (including phenoxy) is 2. The molecule has 0 fully saturated rings. The van der Waals surface area contributed by atoms with E-state index in [1.54, 1.807) is 24.4 Å². The minimum atomic E-state index is -0.440. The molecule has 10 heteroatoms. The van der Waals surface area contributed by atoms with E-state index in [-0.39, 0.29) is 16.9 Å². The van der Waals surface area contributed by atoms with Crippen LogP contribution < -0.4 is 20.8 Å². The zero-order valence-corrected chi connectivity index (χ0v) is 16.5. The highest BCUT2D eigenvalue weighted by Crippen LogP contribution is 2.37. The molecule has 0 saturated heterocycles. The Kier molecular flexibility index (Phi) is 4.55. The number of hydrogen-bond donors (Lipinski definition) is 2. The summed E-state index contributed by atoms with van der Waals surface area (Å²) in [7, 11) is 0. The lowest BCUT2D eigenvalue weighted by Crippen LogP contribution is -2.17. The highest BCUT2D eigenvalue weighted by Gasteiger charge is 2.21. The first-order valence-corrected chi connectivity index (χ1v) is 9.87. The molecule has 0 unspecified atom stereocenters. The Bertz CT molecular complexity index is 1390. The van der Waals surface area contributed by atoms with Gasteiger partial charge in [-0.25, -0.2) is 4.98 Å². The molecule has 3 heterocycles. The van der Waals surface area contributed by atoms with Crippen LogP contribution in [-0.4, -0.2) is 39.2 Å². The summed E-state index contributed by atoms with van der Waals surface area (Å²) in [6, 6.07) is 8.05. The molecule has 31 heavy (non-hydrogen) atoms. The van der Waals surface area contributed by atoms with Crippen LogP contribution in [0.25, 0.3) is 33.2 Å². The van der Waals surface area contributed by atoms with Crippen LogP contribution in [0.2, 0.25) is 0 Å². The number of hydrogen-bond acceptors (Lipinski definition) is 7. The van der Waals surface area contributed by atoms with Crippen LogP contribution in [0.3, 0.4) is 0 Å². The number of nitrogens with zero attached hydrogens (tertiary/aromatic N) is 3. The Morgan fingerprint density at radius 1 is 1.23 bits per heavy atom. The van der Waals surface area contributed by atoms with Crippen molar-refractivity contribution in [1.29, 1.82) is 0 Å². The molecule has 0 radical (unpaired) electrons. The van der Waals surface area contributed by atoms with Gasteiger partial charge < -0.3 is 24.8 Å². The Labute approximate surface area is 175 Å². The minimum Gasteiger partial charge on any atom is -0.486 e. The number of fused-ring (bicyclic) bond motifs is 4. The average Bonchev–Trinajstić information content (AvgIpc) is 3.14. The van der Waals surface area contributed by atoms with Crippen molar-refractivity contribution >= 4 is 27.6 Å². The zero-order valence-electron chi connectivity index (χ0n) is 16.5. The fourth-order valence-electron chi connectivity index (χ4n) is 3.87. The molecule has 0 saturated carbocycles. The Balaban J connectivity index is 1.75. The van der Waals surface area contributed by atoms with Crippen LogP contribution >= 0.6 is 0 Å². The van der Waals surface area contributed by atoms with Gasteiger partial charge in [0.1, 0.15) is 24.4 Å². The van der Waals surface area contributed by atoms with E-state index in [0.29, 0.717) is 71.7 Å². The van der Waals surface area contributed by atoms with Gasteiger partial charge in [0.2, 0.25) is 0 Å². The van der Waals surface area contributed by atoms with Crippen molar-refractivity contribution in [3.8, 4) is 22.8 Å². The van der Waals surface area contributed by atoms with Gasteiger partial charge in [-0.3, -0.25) is 14.9 Å². The third kappa shape index (κ3) is 3.17. The number of rotatable bonds is 5. The summed E-state index contributed by atoms with van der Waals surface area (Å²) in [5.41, 5.74) is 7.75. The number of aryl methyl sites for hydroxylation is 1. The van der Waals surface area contributed by atoms with Crippen LogP contribution in [0, 0.1) is 10.1 Å². The van der Waals surface area contributed by atoms with E-state index in [9.17, 15) is 14.9 Å². The van der Waals surface area contributed by atoms with E-state index >= 15 is 0 Å². The lowest BCUT2D eigenvalue weighted by molar-refractivity contribution is -0.384. The lowest BCUT2D eigenvalue weighted by atomic mass is 10.1. The second-order valence-corrected chi connectivity index (χ2v) is 7.24. The van der Waals surface area contributed by atoms with Gasteiger partial charge in [0.15, 0.2) is 11.5 Å². The topological polar surface area (TPSA) is 138 Å². The molecule has 1 aliphatic heterocycles. The fraction of sp³-hybridized carbons (Fsp3) is 0.238. The summed E-state index contributed by atoms with van der Waals surface area (Å²) < 4.78 is 13.2. The van der Waals surface area contributed by atoms with Crippen molar-refractivity contribution in [2.75, 3.05) is 19.8 Å². The average molecular weight is 421 g/mol. The highest BCUT2D eigenvalue weighted by molar-refractivity contribution is 5.97. The first-order chi connectivity index (χ1) is 15.1. The van der Waals surface area contributed by atoms with Crippen molar-refractivity contribution in [2.45, 2.75) is 13.0 Å². The number of aromatic amines is 1. The number of H-pyrrole nitrogens is 1. The third-order valence-corrected chi connectivity index (χ3v) is 5.30. The second-order valence-electron chi connectivity index (χ2n) is 7.24. The number of nitro benzene ring substituents is 1. The monoisotopic (exact) mass is 421 g/mol. The number of non-ortho nitro benzene ring substituents is 1. The van der Waals surface area contributed by atoms with Crippen LogP contribution in [0.1, 0.15) is 6.42 Å². The molecule has 0 amide bonds. The van der Waals surface area contributed by atoms with Crippen LogP contribution in [-0.2, 0) is 6.54 Å². The summed E-state index contributed by atoms with van der Waals surface area (Å²) >= 11 is 0. The van der Waals surface area contributed by atoms with Crippen molar-refractivity contribution in [3.05, 3.63) is 57.0 Å². The van der Waals surface area contributed by atoms with Gasteiger partial charge in [-0.2, -0.15) is 0 Å². The summed E-state index contributed by atoms with van der Waals surface area (Å²) in [5.74, 6) is 1.06. The molecule has 158 valence electrons. The van der Waals surface area contributed by atoms with Crippen molar-refractivity contribution in [2.24, 2.45) is 5.73 Å². The normalized spacial score (nSPS) is 13.1. The molecule has 10 nitrogen and oxygen atoms in total.